The lowest BCUT2D eigenvalue weighted by molar-refractivity contribution is -0.128. The van der Waals surface area contributed by atoms with Gasteiger partial charge in [0, 0.05) is 24.6 Å². The fraction of sp³-hybridized carbons (Fsp3) is 0.923. The van der Waals surface area contributed by atoms with Gasteiger partial charge < -0.3 is 15.8 Å². The number of ether oxygens (including phenoxy) is 1. The summed E-state index contributed by atoms with van der Waals surface area (Å²) in [7, 11) is 0. The number of nitrogens with two attached hydrogens (primary N) is 1. The minimum Gasteiger partial charge on any atom is -0.378 e. The molecule has 4 nitrogen and oxygen atoms in total. The molecule has 0 aromatic heterocycles. The first-order valence-electron chi connectivity index (χ1n) is 6.86. The smallest absolute Gasteiger partial charge is 0.223 e. The molecule has 2 saturated carbocycles. The molecule has 0 spiro atoms. The van der Waals surface area contributed by atoms with Gasteiger partial charge >= 0.3 is 0 Å². The Morgan fingerprint density at radius 1 is 1.29 bits per heavy atom. The molecular formula is C13H24N2O2. The quantitative estimate of drug-likeness (QED) is 0.775. The molecule has 2 rings (SSSR count). The normalized spacial score (nSPS) is 37.3. The Hall–Kier alpha value is -0.610. The molecule has 17 heavy (non-hydrogen) atoms. The van der Waals surface area contributed by atoms with Crippen molar-refractivity contribution < 1.29 is 9.53 Å². The zero-order chi connectivity index (χ0) is 12.3. The van der Waals surface area contributed by atoms with Gasteiger partial charge in [-0.15, -0.1) is 0 Å². The minimum atomic E-state index is 0.195. The minimum absolute atomic E-state index is 0.195. The van der Waals surface area contributed by atoms with Crippen molar-refractivity contribution in [3.63, 3.8) is 0 Å². The maximum absolute atomic E-state index is 12.0. The van der Waals surface area contributed by atoms with Crippen LogP contribution in [-0.4, -0.2) is 30.7 Å². The van der Waals surface area contributed by atoms with Crippen molar-refractivity contribution in [3.8, 4) is 0 Å². The van der Waals surface area contributed by atoms with E-state index in [1.165, 1.54) is 0 Å². The largest absolute Gasteiger partial charge is 0.378 e. The summed E-state index contributed by atoms with van der Waals surface area (Å²) in [5.74, 6) is 0.429. The van der Waals surface area contributed by atoms with E-state index in [4.69, 9.17) is 10.5 Å². The number of carbonyl (C=O) groups is 1. The number of hydrogen-bond donors (Lipinski definition) is 2. The van der Waals surface area contributed by atoms with E-state index in [0.717, 1.165) is 45.1 Å². The Balaban J connectivity index is 1.65. The third kappa shape index (κ3) is 3.42. The Morgan fingerprint density at radius 2 is 1.94 bits per heavy atom. The van der Waals surface area contributed by atoms with Crippen molar-refractivity contribution >= 4 is 5.91 Å². The second-order valence-corrected chi connectivity index (χ2v) is 5.37. The van der Waals surface area contributed by atoms with Gasteiger partial charge in [0.2, 0.25) is 5.91 Å². The van der Waals surface area contributed by atoms with Crippen LogP contribution in [-0.2, 0) is 9.53 Å². The van der Waals surface area contributed by atoms with Crippen LogP contribution in [0, 0.1) is 5.92 Å². The molecular weight excluding hydrogens is 216 g/mol. The highest BCUT2D eigenvalue weighted by Crippen LogP contribution is 2.26. The van der Waals surface area contributed by atoms with Crippen LogP contribution in [0.4, 0.5) is 0 Å². The highest BCUT2D eigenvalue weighted by Gasteiger charge is 2.33. The Labute approximate surface area is 103 Å². The highest BCUT2D eigenvalue weighted by atomic mass is 16.5. The number of hydrogen-bond acceptors (Lipinski definition) is 3. The van der Waals surface area contributed by atoms with Gasteiger partial charge in [-0.05, 0) is 45.4 Å². The molecule has 0 bridgehead atoms. The van der Waals surface area contributed by atoms with Gasteiger partial charge in [-0.25, -0.2) is 0 Å². The number of nitrogens with one attached hydrogen (secondary N) is 1. The van der Waals surface area contributed by atoms with Crippen LogP contribution in [0.5, 0.6) is 0 Å². The van der Waals surface area contributed by atoms with Gasteiger partial charge in [0.25, 0.3) is 0 Å². The molecule has 0 heterocycles. The van der Waals surface area contributed by atoms with Crippen LogP contribution in [0.15, 0.2) is 0 Å². The summed E-state index contributed by atoms with van der Waals surface area (Å²) in [6.45, 7) is 2.78. The lowest BCUT2D eigenvalue weighted by Gasteiger charge is -2.36. The van der Waals surface area contributed by atoms with Gasteiger partial charge in [-0.1, -0.05) is 0 Å². The summed E-state index contributed by atoms with van der Waals surface area (Å²) in [4.78, 5) is 12.0. The van der Waals surface area contributed by atoms with Crippen molar-refractivity contribution in [2.24, 2.45) is 11.7 Å². The van der Waals surface area contributed by atoms with Crippen molar-refractivity contribution in [2.45, 2.75) is 63.6 Å². The first kappa shape index (κ1) is 12.8. The molecule has 98 valence electrons. The molecule has 0 radical (unpaired) electrons. The fourth-order valence-electron chi connectivity index (χ4n) is 2.76. The average Bonchev–Trinajstić information content (AvgIpc) is 2.27. The molecule has 0 saturated heterocycles. The van der Waals surface area contributed by atoms with Crippen LogP contribution in [0.1, 0.15) is 45.4 Å². The second kappa shape index (κ2) is 5.83. The number of carbonyl (C=O) groups excluding carboxylic acids is 1. The zero-order valence-corrected chi connectivity index (χ0v) is 10.7. The first-order chi connectivity index (χ1) is 8.19. The molecule has 2 aliphatic rings. The molecule has 1 amide bonds. The molecule has 0 atom stereocenters. The van der Waals surface area contributed by atoms with E-state index in [0.29, 0.717) is 18.2 Å². The van der Waals surface area contributed by atoms with Crippen LogP contribution >= 0.6 is 0 Å². The fourth-order valence-corrected chi connectivity index (χ4v) is 2.76. The SMILES string of the molecule is CCOC1CC(NC(=O)C2CCC(N)CC2)C1. The summed E-state index contributed by atoms with van der Waals surface area (Å²) < 4.78 is 5.48. The van der Waals surface area contributed by atoms with Crippen molar-refractivity contribution in [1.29, 1.82) is 0 Å². The lowest BCUT2D eigenvalue weighted by Crippen LogP contribution is -2.50. The van der Waals surface area contributed by atoms with Crippen LogP contribution < -0.4 is 11.1 Å². The van der Waals surface area contributed by atoms with E-state index in [1.54, 1.807) is 0 Å². The van der Waals surface area contributed by atoms with Gasteiger partial charge in [0.1, 0.15) is 0 Å². The Morgan fingerprint density at radius 3 is 2.53 bits per heavy atom. The average molecular weight is 240 g/mol. The number of amides is 1. The van der Waals surface area contributed by atoms with Crippen LogP contribution in [0.2, 0.25) is 0 Å². The molecule has 0 unspecified atom stereocenters. The monoisotopic (exact) mass is 240 g/mol. The number of rotatable bonds is 4. The zero-order valence-electron chi connectivity index (χ0n) is 10.7. The van der Waals surface area contributed by atoms with E-state index in [1.807, 2.05) is 6.92 Å². The summed E-state index contributed by atoms with van der Waals surface area (Å²) in [5.41, 5.74) is 5.84. The van der Waals surface area contributed by atoms with Crippen molar-refractivity contribution in [2.75, 3.05) is 6.61 Å². The molecule has 2 aliphatic carbocycles. The summed E-state index contributed by atoms with van der Waals surface area (Å²) >= 11 is 0. The van der Waals surface area contributed by atoms with E-state index in [9.17, 15) is 4.79 Å². The summed E-state index contributed by atoms with van der Waals surface area (Å²) in [6.07, 6.45) is 6.21. The van der Waals surface area contributed by atoms with Gasteiger partial charge in [0.15, 0.2) is 0 Å². The van der Waals surface area contributed by atoms with Gasteiger partial charge in [-0.3, -0.25) is 4.79 Å². The maximum Gasteiger partial charge on any atom is 0.223 e. The first-order valence-corrected chi connectivity index (χ1v) is 6.86. The predicted octanol–water partition coefficient (Wildman–Crippen LogP) is 1.19. The third-order valence-corrected chi connectivity index (χ3v) is 3.99. The Bertz CT molecular complexity index is 256. The van der Waals surface area contributed by atoms with Gasteiger partial charge in [-0.2, -0.15) is 0 Å². The molecule has 2 fully saturated rings. The van der Waals surface area contributed by atoms with Crippen LogP contribution in [0.3, 0.4) is 0 Å². The maximum atomic E-state index is 12.0. The van der Waals surface area contributed by atoms with Gasteiger partial charge in [0.05, 0.1) is 6.10 Å². The highest BCUT2D eigenvalue weighted by molar-refractivity contribution is 5.79. The van der Waals surface area contributed by atoms with Crippen molar-refractivity contribution in [1.82, 2.24) is 5.32 Å². The summed E-state index contributed by atoms with van der Waals surface area (Å²) in [6, 6.07) is 0.653. The molecule has 4 heteroatoms. The van der Waals surface area contributed by atoms with E-state index >= 15 is 0 Å². The van der Waals surface area contributed by atoms with Crippen LogP contribution in [0.25, 0.3) is 0 Å². The molecule has 0 aromatic carbocycles. The Kier molecular flexibility index (Phi) is 4.40. The lowest BCUT2D eigenvalue weighted by atomic mass is 9.84. The molecule has 3 N–H and O–H groups in total. The summed E-state index contributed by atoms with van der Waals surface area (Å²) in [5, 5.41) is 3.13. The standard InChI is InChI=1S/C13H24N2O2/c1-2-17-12-7-11(8-12)15-13(16)9-3-5-10(14)6-4-9/h9-12H,2-8,14H2,1H3,(H,15,16). The van der Waals surface area contributed by atoms with E-state index in [2.05, 4.69) is 5.32 Å². The molecule has 0 aliphatic heterocycles. The second-order valence-electron chi connectivity index (χ2n) is 5.37. The van der Waals surface area contributed by atoms with E-state index < -0.39 is 0 Å². The van der Waals surface area contributed by atoms with Crippen molar-refractivity contribution in [3.05, 3.63) is 0 Å². The predicted molar refractivity (Wildman–Crippen MR) is 66.5 cm³/mol. The van der Waals surface area contributed by atoms with E-state index in [-0.39, 0.29) is 11.8 Å². The molecule has 0 aromatic rings. The topological polar surface area (TPSA) is 64.3 Å². The third-order valence-electron chi connectivity index (χ3n) is 3.99.